The van der Waals surface area contributed by atoms with Gasteiger partial charge in [0.25, 0.3) is 0 Å². The number of thioether (sulfide) groups is 1. The summed E-state index contributed by atoms with van der Waals surface area (Å²) < 4.78 is 0. The molecule has 1 aliphatic heterocycles. The van der Waals surface area contributed by atoms with Crippen molar-refractivity contribution in [1.29, 1.82) is 0 Å². The standard InChI is InChI=1S/C18H30N2S/c1-15(2)20(14-17-8-10-19-11-9-17)12-13-21-18-6-4-16(3)5-7-18/h4-7,15,17,19H,8-14H2,1-3H3. The van der Waals surface area contributed by atoms with Crippen LogP contribution in [0.4, 0.5) is 0 Å². The Hall–Kier alpha value is -0.510. The zero-order valence-electron chi connectivity index (χ0n) is 13.8. The van der Waals surface area contributed by atoms with E-state index >= 15 is 0 Å². The number of nitrogens with zero attached hydrogens (tertiary/aromatic N) is 1. The number of piperidine rings is 1. The van der Waals surface area contributed by atoms with Crippen LogP contribution in [0.15, 0.2) is 29.2 Å². The molecule has 0 aliphatic carbocycles. The first kappa shape index (κ1) is 16.9. The first-order chi connectivity index (χ1) is 10.1. The van der Waals surface area contributed by atoms with E-state index in [1.807, 2.05) is 11.8 Å². The zero-order chi connectivity index (χ0) is 15.1. The first-order valence-corrected chi connectivity index (χ1v) is 9.28. The van der Waals surface area contributed by atoms with E-state index in [1.54, 1.807) is 0 Å². The Morgan fingerprint density at radius 3 is 2.48 bits per heavy atom. The summed E-state index contributed by atoms with van der Waals surface area (Å²) in [4.78, 5) is 4.06. The number of hydrogen-bond acceptors (Lipinski definition) is 3. The Kier molecular flexibility index (Phi) is 7.08. The molecule has 3 heteroatoms. The highest BCUT2D eigenvalue weighted by atomic mass is 32.2. The third-order valence-corrected chi connectivity index (χ3v) is 5.34. The van der Waals surface area contributed by atoms with Crippen LogP contribution in [0.5, 0.6) is 0 Å². The Balaban J connectivity index is 1.75. The summed E-state index contributed by atoms with van der Waals surface area (Å²) in [6.45, 7) is 11.7. The molecule has 1 aliphatic rings. The number of rotatable bonds is 7. The normalized spacial score (nSPS) is 16.8. The molecule has 1 fully saturated rings. The molecule has 21 heavy (non-hydrogen) atoms. The Morgan fingerprint density at radius 2 is 1.86 bits per heavy atom. The molecular weight excluding hydrogens is 276 g/mol. The Labute approximate surface area is 134 Å². The molecule has 0 unspecified atom stereocenters. The fraction of sp³-hybridized carbons (Fsp3) is 0.667. The van der Waals surface area contributed by atoms with E-state index in [2.05, 4.69) is 55.3 Å². The monoisotopic (exact) mass is 306 g/mol. The van der Waals surface area contributed by atoms with Crippen LogP contribution in [0, 0.1) is 12.8 Å². The van der Waals surface area contributed by atoms with Gasteiger partial charge in [-0.1, -0.05) is 17.7 Å². The van der Waals surface area contributed by atoms with Gasteiger partial charge in [0, 0.05) is 29.8 Å². The van der Waals surface area contributed by atoms with Crippen molar-refractivity contribution in [3.8, 4) is 0 Å². The Bertz CT molecular complexity index is 396. The first-order valence-electron chi connectivity index (χ1n) is 8.29. The third kappa shape index (κ3) is 6.01. The predicted molar refractivity (Wildman–Crippen MR) is 94.2 cm³/mol. The molecule has 2 rings (SSSR count). The van der Waals surface area contributed by atoms with Crippen molar-refractivity contribution < 1.29 is 0 Å². The second kappa shape index (κ2) is 8.82. The maximum atomic E-state index is 3.46. The number of hydrogen-bond donors (Lipinski definition) is 1. The molecule has 1 aromatic rings. The van der Waals surface area contributed by atoms with Gasteiger partial charge in [0.1, 0.15) is 0 Å². The van der Waals surface area contributed by atoms with E-state index in [0.717, 1.165) is 5.92 Å². The lowest BCUT2D eigenvalue weighted by Gasteiger charge is -2.32. The summed E-state index contributed by atoms with van der Waals surface area (Å²) in [6, 6.07) is 9.55. The van der Waals surface area contributed by atoms with Crippen LogP contribution in [-0.2, 0) is 0 Å². The van der Waals surface area contributed by atoms with E-state index in [1.165, 1.54) is 55.2 Å². The summed E-state index contributed by atoms with van der Waals surface area (Å²) in [5.74, 6) is 2.07. The second-order valence-electron chi connectivity index (χ2n) is 6.44. The molecule has 0 amide bonds. The van der Waals surface area contributed by atoms with E-state index in [0.29, 0.717) is 6.04 Å². The lowest BCUT2D eigenvalue weighted by molar-refractivity contribution is 0.179. The molecule has 0 spiro atoms. The van der Waals surface area contributed by atoms with Gasteiger partial charge < -0.3 is 5.32 Å². The predicted octanol–water partition coefficient (Wildman–Crippen LogP) is 3.80. The largest absolute Gasteiger partial charge is 0.317 e. The molecule has 1 aromatic carbocycles. The smallest absolute Gasteiger partial charge is 0.0108 e. The average Bonchev–Trinajstić information content (AvgIpc) is 2.49. The van der Waals surface area contributed by atoms with Crippen molar-refractivity contribution in [2.75, 3.05) is 31.9 Å². The van der Waals surface area contributed by atoms with Crippen molar-refractivity contribution in [2.24, 2.45) is 5.92 Å². The van der Waals surface area contributed by atoms with Gasteiger partial charge in [0.05, 0.1) is 0 Å². The second-order valence-corrected chi connectivity index (χ2v) is 7.61. The summed E-state index contributed by atoms with van der Waals surface area (Å²) in [7, 11) is 0. The van der Waals surface area contributed by atoms with Crippen molar-refractivity contribution in [3.63, 3.8) is 0 Å². The van der Waals surface area contributed by atoms with E-state index in [9.17, 15) is 0 Å². The number of nitrogens with one attached hydrogen (secondary N) is 1. The summed E-state index contributed by atoms with van der Waals surface area (Å²) in [5.41, 5.74) is 1.34. The minimum atomic E-state index is 0.651. The van der Waals surface area contributed by atoms with Gasteiger partial charge in [0.2, 0.25) is 0 Å². The highest BCUT2D eigenvalue weighted by Gasteiger charge is 2.18. The topological polar surface area (TPSA) is 15.3 Å². The highest BCUT2D eigenvalue weighted by molar-refractivity contribution is 7.99. The lowest BCUT2D eigenvalue weighted by atomic mass is 9.97. The van der Waals surface area contributed by atoms with Gasteiger partial charge in [0.15, 0.2) is 0 Å². The van der Waals surface area contributed by atoms with Crippen LogP contribution >= 0.6 is 11.8 Å². The van der Waals surface area contributed by atoms with Crippen LogP contribution in [0.3, 0.4) is 0 Å². The Morgan fingerprint density at radius 1 is 1.19 bits per heavy atom. The SMILES string of the molecule is Cc1ccc(SCCN(CC2CCNCC2)C(C)C)cc1. The molecule has 1 saturated heterocycles. The molecule has 0 bridgehead atoms. The molecular formula is C18H30N2S. The average molecular weight is 307 g/mol. The lowest BCUT2D eigenvalue weighted by Crippen LogP contribution is -2.40. The minimum absolute atomic E-state index is 0.651. The van der Waals surface area contributed by atoms with Crippen molar-refractivity contribution in [3.05, 3.63) is 29.8 Å². The van der Waals surface area contributed by atoms with Gasteiger partial charge in [-0.3, -0.25) is 4.90 Å². The maximum Gasteiger partial charge on any atom is 0.0108 e. The zero-order valence-corrected chi connectivity index (χ0v) is 14.6. The minimum Gasteiger partial charge on any atom is -0.317 e. The van der Waals surface area contributed by atoms with Gasteiger partial charge in [-0.05, 0) is 64.8 Å². The molecule has 0 aromatic heterocycles. The van der Waals surface area contributed by atoms with Crippen molar-refractivity contribution in [2.45, 2.75) is 44.6 Å². The number of benzene rings is 1. The molecule has 0 atom stereocenters. The quantitative estimate of drug-likeness (QED) is 0.772. The molecule has 1 N–H and O–H groups in total. The third-order valence-electron chi connectivity index (χ3n) is 4.35. The molecule has 0 saturated carbocycles. The van der Waals surface area contributed by atoms with Gasteiger partial charge >= 0.3 is 0 Å². The van der Waals surface area contributed by atoms with E-state index < -0.39 is 0 Å². The number of aryl methyl sites for hydroxylation is 1. The van der Waals surface area contributed by atoms with Crippen LogP contribution in [-0.4, -0.2) is 42.9 Å². The van der Waals surface area contributed by atoms with Crippen molar-refractivity contribution in [1.82, 2.24) is 10.2 Å². The molecule has 118 valence electrons. The van der Waals surface area contributed by atoms with Crippen molar-refractivity contribution >= 4 is 11.8 Å². The van der Waals surface area contributed by atoms with Gasteiger partial charge in [-0.15, -0.1) is 11.8 Å². The summed E-state index contributed by atoms with van der Waals surface area (Å²) >= 11 is 1.98. The van der Waals surface area contributed by atoms with E-state index in [-0.39, 0.29) is 0 Å². The molecule has 1 heterocycles. The molecule has 0 radical (unpaired) electrons. The van der Waals surface area contributed by atoms with Crippen LogP contribution in [0.2, 0.25) is 0 Å². The van der Waals surface area contributed by atoms with Crippen LogP contribution < -0.4 is 5.32 Å². The van der Waals surface area contributed by atoms with Crippen LogP contribution in [0.1, 0.15) is 32.3 Å². The van der Waals surface area contributed by atoms with Gasteiger partial charge in [-0.2, -0.15) is 0 Å². The highest BCUT2D eigenvalue weighted by Crippen LogP contribution is 2.20. The molecule has 2 nitrogen and oxygen atoms in total. The fourth-order valence-corrected chi connectivity index (χ4v) is 3.76. The van der Waals surface area contributed by atoms with E-state index in [4.69, 9.17) is 0 Å². The summed E-state index contributed by atoms with van der Waals surface area (Å²) in [6.07, 6.45) is 2.68. The summed E-state index contributed by atoms with van der Waals surface area (Å²) in [5, 5.41) is 3.46. The van der Waals surface area contributed by atoms with Gasteiger partial charge in [-0.25, -0.2) is 0 Å². The maximum absolute atomic E-state index is 3.46. The van der Waals surface area contributed by atoms with Crippen LogP contribution in [0.25, 0.3) is 0 Å². The fourth-order valence-electron chi connectivity index (χ4n) is 2.87.